The van der Waals surface area contributed by atoms with Crippen LogP contribution in [-0.2, 0) is 62.4 Å². The van der Waals surface area contributed by atoms with E-state index in [2.05, 4.69) is 92.7 Å². The van der Waals surface area contributed by atoms with Crippen LogP contribution in [0.15, 0.2) is 83.3 Å². The maximum atomic E-state index is 14.9. The minimum Gasteiger partial charge on any atom is -0.480 e. The number of imidazole rings is 1. The number of aromatic amines is 2. The van der Waals surface area contributed by atoms with E-state index in [-0.39, 0.29) is 87.4 Å². The van der Waals surface area contributed by atoms with E-state index in [1.54, 1.807) is 60.8 Å². The molecule has 22 N–H and O–H groups in total. The molecule has 0 aliphatic heterocycles. The number of aromatic nitrogens is 3. The number of carboxylic acids is 1. The Kier molecular flexibility index (Phi) is 28.3. The number of fused-ring (bicyclic) bond motifs is 1. The van der Waals surface area contributed by atoms with Gasteiger partial charge in [-0.25, -0.2) is 9.78 Å². The van der Waals surface area contributed by atoms with Gasteiger partial charge in [-0.2, -0.15) is 25.3 Å². The second kappa shape index (κ2) is 34.9. The SMILES string of the molecule is CC(C)C[C@H](N)C(=O)N[C@@H](CCCN=C(N)N)C(=O)N[C@@H](CS)C(=O)N[C@@H](Cc1cnc[nH]1)C(=O)N[C@@H](Cc1ccccc1)C(=O)N[C@@H](Cc1c[nH]c2ccccc12)C(=O)N[C@@H](CS)C(=O)N[C@@H](CCCN=C(N)N)C(=O)N[C@@H](CO)C(=O)O. The number of aliphatic hydroxyl groups excluding tert-OH is 1. The number of nitrogens with zero attached hydrogens (tertiary/aromatic N) is 3. The molecule has 458 valence electrons. The van der Waals surface area contributed by atoms with Crippen LogP contribution in [-0.4, -0.2) is 176 Å². The Morgan fingerprint density at radius 1 is 0.571 bits per heavy atom. The summed E-state index contributed by atoms with van der Waals surface area (Å²) < 4.78 is 0. The van der Waals surface area contributed by atoms with E-state index in [0.29, 0.717) is 34.1 Å². The number of guanidine groups is 2. The molecule has 2 aromatic carbocycles. The minimum absolute atomic E-state index is 0.0254. The number of hydrogen-bond acceptors (Lipinski definition) is 16. The molecule has 2 aromatic heterocycles. The number of rotatable bonds is 36. The maximum Gasteiger partial charge on any atom is 0.328 e. The Labute approximate surface area is 495 Å². The summed E-state index contributed by atoms with van der Waals surface area (Å²) in [4.78, 5) is 142. The maximum absolute atomic E-state index is 14.9. The Hall–Kier alpha value is -8.42. The molecule has 31 heteroatoms. The quantitative estimate of drug-likeness (QED) is 0.00899. The summed E-state index contributed by atoms with van der Waals surface area (Å²) in [5.41, 5.74) is 30.2. The zero-order valence-electron chi connectivity index (χ0n) is 46.6. The van der Waals surface area contributed by atoms with Crippen LogP contribution >= 0.6 is 25.3 Å². The lowest BCUT2D eigenvalue weighted by atomic mass is 10.0. The first-order chi connectivity index (χ1) is 40.0. The molecule has 0 saturated carbocycles. The zero-order valence-corrected chi connectivity index (χ0v) is 48.4. The first kappa shape index (κ1) is 68.1. The van der Waals surface area contributed by atoms with Gasteiger partial charge in [-0.3, -0.25) is 48.3 Å². The Balaban J connectivity index is 1.65. The van der Waals surface area contributed by atoms with Crippen molar-refractivity contribution in [3.8, 4) is 0 Å². The molecule has 2 heterocycles. The molecule has 0 aliphatic carbocycles. The summed E-state index contributed by atoms with van der Waals surface area (Å²) in [7, 11) is 0. The van der Waals surface area contributed by atoms with E-state index in [4.69, 9.17) is 28.7 Å². The molecule has 0 unspecified atom stereocenters. The van der Waals surface area contributed by atoms with E-state index in [1.165, 1.54) is 12.5 Å². The molecule has 0 bridgehead atoms. The largest absolute Gasteiger partial charge is 0.480 e. The Morgan fingerprint density at radius 2 is 1.01 bits per heavy atom. The molecule has 0 radical (unpaired) electrons. The van der Waals surface area contributed by atoms with Crippen LogP contribution in [0, 0.1) is 5.92 Å². The normalized spacial score (nSPS) is 14.3. The number of aliphatic hydroxyl groups is 1. The van der Waals surface area contributed by atoms with Gasteiger partial charge in [0, 0.05) is 72.8 Å². The van der Waals surface area contributed by atoms with Crippen LogP contribution in [0.1, 0.15) is 62.8 Å². The van der Waals surface area contributed by atoms with Crippen LogP contribution in [0.5, 0.6) is 0 Å². The molecule has 29 nitrogen and oxygen atoms in total. The summed E-state index contributed by atoms with van der Waals surface area (Å²) in [5.74, 6) is -9.29. The number of thiol groups is 2. The third-order valence-electron chi connectivity index (χ3n) is 12.9. The highest BCUT2D eigenvalue weighted by Crippen LogP contribution is 2.20. The molecule has 8 amide bonds. The van der Waals surface area contributed by atoms with Crippen LogP contribution in [0.2, 0.25) is 0 Å². The second-order valence-corrected chi connectivity index (χ2v) is 20.8. The summed E-state index contributed by atoms with van der Waals surface area (Å²) in [6.45, 7) is 2.95. The van der Waals surface area contributed by atoms with Crippen molar-refractivity contribution in [1.29, 1.82) is 0 Å². The summed E-state index contributed by atoms with van der Waals surface area (Å²) >= 11 is 8.65. The number of aliphatic carboxylic acids is 1. The number of benzene rings is 2. The van der Waals surface area contributed by atoms with Gasteiger partial charge in [0.15, 0.2) is 11.9 Å². The fourth-order valence-corrected chi connectivity index (χ4v) is 9.05. The van der Waals surface area contributed by atoms with E-state index < -0.39 is 114 Å². The number of carbonyl (C=O) groups is 9. The van der Waals surface area contributed by atoms with Gasteiger partial charge in [0.2, 0.25) is 47.3 Å². The van der Waals surface area contributed by atoms with Gasteiger partial charge in [0.1, 0.15) is 48.3 Å². The van der Waals surface area contributed by atoms with Gasteiger partial charge in [-0.15, -0.1) is 0 Å². The molecular weight excluding hydrogens is 1130 g/mol. The molecule has 0 saturated heterocycles. The van der Waals surface area contributed by atoms with E-state index in [9.17, 15) is 53.4 Å². The molecule has 9 atom stereocenters. The van der Waals surface area contributed by atoms with Crippen LogP contribution in [0.25, 0.3) is 10.9 Å². The molecular formula is C53H78N18O11S2. The van der Waals surface area contributed by atoms with Crippen molar-refractivity contribution in [2.24, 2.45) is 44.6 Å². The number of nitrogens with one attached hydrogen (secondary N) is 10. The minimum atomic E-state index is -1.72. The predicted octanol–water partition coefficient (Wildman–Crippen LogP) is -3.79. The molecule has 0 fully saturated rings. The number of carbonyl (C=O) groups excluding carboxylic acids is 8. The number of H-pyrrole nitrogens is 2. The fraction of sp³-hybridized carbons (Fsp3) is 0.472. The van der Waals surface area contributed by atoms with E-state index >= 15 is 0 Å². The first-order valence-corrected chi connectivity index (χ1v) is 28.2. The van der Waals surface area contributed by atoms with Crippen molar-refractivity contribution in [3.05, 3.63) is 90.1 Å². The average molecular weight is 1210 g/mol. The Morgan fingerprint density at radius 3 is 1.49 bits per heavy atom. The van der Waals surface area contributed by atoms with E-state index in [1.807, 2.05) is 13.8 Å². The highest BCUT2D eigenvalue weighted by atomic mass is 32.1. The standard InChI is InChI=1S/C53H78N18O11S2/c1-28(2)18-33(54)43(73)64-35(14-8-16-60-52(55)56)45(75)70-42(26-84)50(80)68-39(21-31-23-59-27-63-31)48(78)66-37(19-29-10-4-3-5-11-29)46(76)67-38(20-30-22-62-34-13-7-6-12-32(30)34)47(77)71-41(25-83)49(79)65-36(15-9-17-61-53(57)58)44(74)69-40(24-72)51(81)82/h3-7,10-13,22-23,27-28,33,35-42,62,72,83-84H,8-9,14-21,24-26,54H2,1-2H3,(H,59,63)(H,64,73)(H,65,79)(H,66,78)(H,67,76)(H,68,80)(H,69,74)(H,70,75)(H,71,77)(H,81,82)(H4,55,56,60)(H4,57,58,61)/t33-,35-,36-,37-,38-,39-,40-,41-,42-/m0/s1. The van der Waals surface area contributed by atoms with Gasteiger partial charge < -0.3 is 91.4 Å². The van der Waals surface area contributed by atoms with Gasteiger partial charge in [-0.1, -0.05) is 62.4 Å². The van der Waals surface area contributed by atoms with Crippen LogP contribution in [0.3, 0.4) is 0 Å². The van der Waals surface area contributed by atoms with Crippen LogP contribution in [0.4, 0.5) is 0 Å². The van der Waals surface area contributed by atoms with E-state index in [0.717, 1.165) is 0 Å². The summed E-state index contributed by atoms with van der Waals surface area (Å²) in [5, 5.41) is 40.5. The number of hydrogen-bond donors (Lipinski definition) is 19. The van der Waals surface area contributed by atoms with Gasteiger partial charge in [0.25, 0.3) is 0 Å². The van der Waals surface area contributed by atoms with Gasteiger partial charge in [-0.05, 0) is 55.2 Å². The lowest BCUT2D eigenvalue weighted by molar-refractivity contribution is -0.143. The van der Waals surface area contributed by atoms with Crippen molar-refractivity contribution >= 4 is 101 Å². The first-order valence-electron chi connectivity index (χ1n) is 26.9. The van der Waals surface area contributed by atoms with Crippen molar-refractivity contribution in [3.63, 3.8) is 0 Å². The second-order valence-electron chi connectivity index (χ2n) is 20.0. The van der Waals surface area contributed by atoms with Crippen molar-refractivity contribution < 1.29 is 53.4 Å². The zero-order chi connectivity index (χ0) is 61.9. The highest BCUT2D eigenvalue weighted by molar-refractivity contribution is 7.80. The van der Waals surface area contributed by atoms with Gasteiger partial charge >= 0.3 is 5.97 Å². The molecule has 4 rings (SSSR count). The number of carboxylic acid groups (broad SMARTS) is 1. The Bertz CT molecular complexity index is 2890. The highest BCUT2D eigenvalue weighted by Gasteiger charge is 2.35. The fourth-order valence-electron chi connectivity index (χ4n) is 8.53. The summed E-state index contributed by atoms with van der Waals surface area (Å²) in [6.07, 6.45) is 4.50. The molecule has 0 aliphatic rings. The van der Waals surface area contributed by atoms with Crippen molar-refractivity contribution in [2.45, 2.75) is 120 Å². The predicted molar refractivity (Wildman–Crippen MR) is 320 cm³/mol. The average Bonchev–Trinajstić information content (AvgIpc) is 3.97. The number of aliphatic imine (C=N–C) groups is 2. The van der Waals surface area contributed by atoms with Crippen molar-refractivity contribution in [2.75, 3.05) is 31.2 Å². The summed E-state index contributed by atoms with van der Waals surface area (Å²) in [6, 6.07) is 3.22. The lowest BCUT2D eigenvalue weighted by Crippen LogP contribution is -2.61. The third kappa shape index (κ3) is 22.7. The molecule has 84 heavy (non-hydrogen) atoms. The van der Waals surface area contributed by atoms with Gasteiger partial charge in [0.05, 0.1) is 19.0 Å². The number of nitrogens with two attached hydrogens (primary N) is 5. The third-order valence-corrected chi connectivity index (χ3v) is 13.6. The molecule has 0 spiro atoms. The molecule has 4 aromatic rings. The van der Waals surface area contributed by atoms with Crippen LogP contribution < -0.4 is 71.2 Å². The van der Waals surface area contributed by atoms with Crippen molar-refractivity contribution in [1.82, 2.24) is 57.5 Å². The lowest BCUT2D eigenvalue weighted by Gasteiger charge is -2.28. The number of para-hydroxylation sites is 1. The smallest absolute Gasteiger partial charge is 0.328 e. The monoisotopic (exact) mass is 1210 g/mol. The number of amides is 8. The topological polar surface area (TPSA) is 490 Å².